The first-order valence-corrected chi connectivity index (χ1v) is 11.3. The summed E-state index contributed by atoms with van der Waals surface area (Å²) in [6.45, 7) is 10.9. The monoisotopic (exact) mass is 496 g/mol. The van der Waals surface area contributed by atoms with E-state index in [9.17, 15) is 0 Å². The molecule has 0 aliphatic carbocycles. The van der Waals surface area contributed by atoms with Gasteiger partial charge in [-0.25, -0.2) is 0 Å². The lowest BCUT2D eigenvalue weighted by molar-refractivity contribution is 1.11. The molecule has 0 N–H and O–H groups in total. The van der Waals surface area contributed by atoms with Gasteiger partial charge in [-0.3, -0.25) is 0 Å². The van der Waals surface area contributed by atoms with E-state index in [1.54, 1.807) is 11.8 Å². The third-order valence-electron chi connectivity index (χ3n) is 4.78. The standard InChI is InChI=1S/C26H25IS/c1-18(13-25-14-20(3)26(27)15-19(25)2)17-28-21(4)23-11-8-12-24(16-23)22-9-6-5-7-10-22/h5-12,14-17H,4,13H2,1-3H3/b18-17+. The van der Waals surface area contributed by atoms with Gasteiger partial charge in [-0.2, -0.15) is 0 Å². The second-order valence-electron chi connectivity index (χ2n) is 7.16. The van der Waals surface area contributed by atoms with Crippen LogP contribution >= 0.6 is 34.4 Å². The molecular weight excluding hydrogens is 471 g/mol. The smallest absolute Gasteiger partial charge is 0.0162 e. The molecule has 0 aliphatic heterocycles. The fourth-order valence-corrected chi connectivity index (χ4v) is 4.43. The molecule has 2 heteroatoms. The maximum atomic E-state index is 4.30. The Morgan fingerprint density at radius 3 is 2.39 bits per heavy atom. The molecular formula is C26H25IS. The third kappa shape index (κ3) is 5.39. The van der Waals surface area contributed by atoms with Gasteiger partial charge in [0.05, 0.1) is 0 Å². The Hall–Kier alpha value is -1.78. The summed E-state index contributed by atoms with van der Waals surface area (Å²) in [5.74, 6) is 0. The largest absolute Gasteiger partial charge is 0.0981 e. The van der Waals surface area contributed by atoms with Crippen molar-refractivity contribution in [3.63, 3.8) is 0 Å². The molecule has 0 unspecified atom stereocenters. The van der Waals surface area contributed by atoms with Gasteiger partial charge in [0.2, 0.25) is 0 Å². The van der Waals surface area contributed by atoms with E-state index >= 15 is 0 Å². The number of benzene rings is 3. The first-order chi connectivity index (χ1) is 13.4. The molecule has 0 bridgehead atoms. The number of allylic oxidation sites excluding steroid dienone is 1. The SMILES string of the molecule is C=C(S/C=C(\C)Cc1cc(C)c(I)cc1C)c1cccc(-c2ccccc2)c1. The Bertz CT molecular complexity index is 1020. The van der Waals surface area contributed by atoms with E-state index in [2.05, 4.69) is 116 Å². The van der Waals surface area contributed by atoms with E-state index in [0.29, 0.717) is 0 Å². The predicted molar refractivity (Wildman–Crippen MR) is 135 cm³/mol. The van der Waals surface area contributed by atoms with Gasteiger partial charge in [-0.15, -0.1) is 0 Å². The minimum atomic E-state index is 0.980. The zero-order valence-electron chi connectivity index (χ0n) is 16.6. The van der Waals surface area contributed by atoms with Crippen molar-refractivity contribution in [1.82, 2.24) is 0 Å². The van der Waals surface area contributed by atoms with Crippen LogP contribution in [0.4, 0.5) is 0 Å². The summed E-state index contributed by atoms with van der Waals surface area (Å²) in [5.41, 5.74) is 9.12. The molecule has 3 aromatic carbocycles. The summed E-state index contributed by atoms with van der Waals surface area (Å²) in [4.78, 5) is 1.08. The van der Waals surface area contributed by atoms with Crippen molar-refractivity contribution in [2.24, 2.45) is 0 Å². The molecule has 0 radical (unpaired) electrons. The minimum absolute atomic E-state index is 0.980. The van der Waals surface area contributed by atoms with Gasteiger partial charge in [-0.1, -0.05) is 78.5 Å². The molecule has 3 rings (SSSR count). The fraction of sp³-hybridized carbons (Fsp3) is 0.154. The van der Waals surface area contributed by atoms with Gasteiger partial charge in [0, 0.05) is 8.48 Å². The number of rotatable bonds is 6. The summed E-state index contributed by atoms with van der Waals surface area (Å²) in [5, 5.41) is 2.24. The normalized spacial score (nSPS) is 11.5. The molecule has 3 aromatic rings. The molecule has 0 spiro atoms. The van der Waals surface area contributed by atoms with Crippen molar-refractivity contribution >= 4 is 39.3 Å². The maximum Gasteiger partial charge on any atom is 0.0162 e. The van der Waals surface area contributed by atoms with Gasteiger partial charge in [-0.05, 0) is 101 Å². The Balaban J connectivity index is 1.70. The lowest BCUT2D eigenvalue weighted by Gasteiger charge is -2.10. The molecule has 28 heavy (non-hydrogen) atoms. The van der Waals surface area contributed by atoms with E-state index in [1.807, 2.05) is 6.07 Å². The minimum Gasteiger partial charge on any atom is -0.0981 e. The highest BCUT2D eigenvalue weighted by Crippen LogP contribution is 2.31. The highest BCUT2D eigenvalue weighted by atomic mass is 127. The lowest BCUT2D eigenvalue weighted by atomic mass is 10.00. The van der Waals surface area contributed by atoms with Crippen LogP contribution in [-0.2, 0) is 6.42 Å². The van der Waals surface area contributed by atoms with Gasteiger partial charge in [0.15, 0.2) is 0 Å². The van der Waals surface area contributed by atoms with Gasteiger partial charge in [0.25, 0.3) is 0 Å². The zero-order chi connectivity index (χ0) is 20.1. The van der Waals surface area contributed by atoms with E-state index < -0.39 is 0 Å². The molecule has 0 saturated heterocycles. The second kappa shape index (κ2) is 9.62. The fourth-order valence-electron chi connectivity index (χ4n) is 3.12. The van der Waals surface area contributed by atoms with Crippen molar-refractivity contribution in [1.29, 1.82) is 0 Å². The molecule has 0 heterocycles. The topological polar surface area (TPSA) is 0 Å². The average Bonchev–Trinajstić information content (AvgIpc) is 2.71. The molecule has 142 valence electrons. The summed E-state index contributed by atoms with van der Waals surface area (Å²) in [6.07, 6.45) is 0.980. The zero-order valence-corrected chi connectivity index (χ0v) is 19.6. The lowest BCUT2D eigenvalue weighted by Crippen LogP contribution is -1.94. The second-order valence-corrected chi connectivity index (χ2v) is 9.28. The van der Waals surface area contributed by atoms with Crippen molar-refractivity contribution in [2.45, 2.75) is 27.2 Å². The van der Waals surface area contributed by atoms with Crippen LogP contribution in [0.5, 0.6) is 0 Å². The molecule has 0 aliphatic rings. The summed E-state index contributed by atoms with van der Waals surface area (Å²) >= 11 is 4.12. The first kappa shape index (κ1) is 20.9. The van der Waals surface area contributed by atoms with Gasteiger partial charge < -0.3 is 0 Å². The summed E-state index contributed by atoms with van der Waals surface area (Å²) in [7, 11) is 0. The van der Waals surface area contributed by atoms with Gasteiger partial charge >= 0.3 is 0 Å². The molecule has 0 saturated carbocycles. The van der Waals surface area contributed by atoms with E-state index in [-0.39, 0.29) is 0 Å². The number of aryl methyl sites for hydroxylation is 2. The first-order valence-electron chi connectivity index (χ1n) is 9.36. The average molecular weight is 496 g/mol. The van der Waals surface area contributed by atoms with Crippen LogP contribution in [0.25, 0.3) is 16.0 Å². The van der Waals surface area contributed by atoms with Crippen LogP contribution in [0, 0.1) is 17.4 Å². The quantitative estimate of drug-likeness (QED) is 0.309. The van der Waals surface area contributed by atoms with E-state index in [4.69, 9.17) is 0 Å². The van der Waals surface area contributed by atoms with Crippen molar-refractivity contribution in [3.05, 3.63) is 110 Å². The van der Waals surface area contributed by atoms with Crippen molar-refractivity contribution < 1.29 is 0 Å². The van der Waals surface area contributed by atoms with Crippen LogP contribution in [0.3, 0.4) is 0 Å². The van der Waals surface area contributed by atoms with E-state index in [1.165, 1.54) is 42.5 Å². The Morgan fingerprint density at radius 2 is 1.64 bits per heavy atom. The Kier molecular flexibility index (Phi) is 7.19. The Labute approximate surface area is 186 Å². The molecule has 0 fully saturated rings. The number of thioether (sulfide) groups is 1. The van der Waals surface area contributed by atoms with Crippen molar-refractivity contribution in [2.75, 3.05) is 0 Å². The summed E-state index contributed by atoms with van der Waals surface area (Å²) < 4.78 is 1.33. The number of halogens is 1. The predicted octanol–water partition coefficient (Wildman–Crippen LogP) is 8.43. The van der Waals surface area contributed by atoms with Gasteiger partial charge in [0.1, 0.15) is 0 Å². The summed E-state index contributed by atoms with van der Waals surface area (Å²) in [6, 6.07) is 23.7. The third-order valence-corrected chi connectivity index (χ3v) is 6.98. The van der Waals surface area contributed by atoms with Crippen LogP contribution in [0.1, 0.15) is 29.2 Å². The molecule has 0 nitrogen and oxygen atoms in total. The van der Waals surface area contributed by atoms with Crippen LogP contribution in [0.2, 0.25) is 0 Å². The molecule has 0 aromatic heterocycles. The van der Waals surface area contributed by atoms with Crippen LogP contribution in [0.15, 0.2) is 84.3 Å². The highest BCUT2D eigenvalue weighted by Gasteiger charge is 2.05. The van der Waals surface area contributed by atoms with E-state index in [0.717, 1.165) is 11.3 Å². The molecule has 0 amide bonds. The van der Waals surface area contributed by atoms with Crippen molar-refractivity contribution in [3.8, 4) is 11.1 Å². The van der Waals surface area contributed by atoms with Crippen LogP contribution < -0.4 is 0 Å². The van der Waals surface area contributed by atoms with Crippen LogP contribution in [-0.4, -0.2) is 0 Å². The highest BCUT2D eigenvalue weighted by molar-refractivity contribution is 14.1. The molecule has 0 atom stereocenters. The number of hydrogen-bond donors (Lipinski definition) is 0. The maximum absolute atomic E-state index is 4.30. The Morgan fingerprint density at radius 1 is 0.929 bits per heavy atom. The number of hydrogen-bond acceptors (Lipinski definition) is 1.